The van der Waals surface area contributed by atoms with Gasteiger partial charge in [-0.05, 0) is 55.0 Å². The van der Waals surface area contributed by atoms with Crippen LogP contribution in [-0.2, 0) is 24.3 Å². The van der Waals surface area contributed by atoms with E-state index in [4.69, 9.17) is 27.9 Å². The fraction of sp³-hybridized carbons (Fsp3) is 0.125. The molecule has 14 heteroatoms. The molecule has 0 radical (unpaired) electrons. The molecule has 0 unspecified atom stereocenters. The zero-order valence-electron chi connectivity index (χ0n) is 19.6. The molecular formula is C24H19Cl2N5O6S. The maximum absolute atomic E-state index is 13.2. The number of amides is 2. The Labute approximate surface area is 227 Å². The lowest BCUT2D eigenvalue weighted by Gasteiger charge is -2.18. The molecule has 0 spiro atoms. The molecule has 2 N–H and O–H groups in total. The molecule has 1 aromatic heterocycles. The van der Waals surface area contributed by atoms with Gasteiger partial charge >= 0.3 is 5.97 Å². The first-order valence-electron chi connectivity index (χ1n) is 11.1. The molecule has 196 valence electrons. The van der Waals surface area contributed by atoms with Crippen molar-refractivity contribution in [2.45, 2.75) is 18.2 Å². The summed E-state index contributed by atoms with van der Waals surface area (Å²) in [5.74, 6) is -2.34. The smallest absolute Gasteiger partial charge is 0.340 e. The van der Waals surface area contributed by atoms with E-state index in [2.05, 4.69) is 20.2 Å². The van der Waals surface area contributed by atoms with Gasteiger partial charge in [-0.2, -0.15) is 0 Å². The van der Waals surface area contributed by atoms with E-state index in [-0.39, 0.29) is 45.1 Å². The normalized spacial score (nSPS) is 13.6. The second-order valence-electron chi connectivity index (χ2n) is 7.78. The van der Waals surface area contributed by atoms with Crippen molar-refractivity contribution in [3.8, 4) is 0 Å². The minimum Gasteiger partial charge on any atom is -0.462 e. The molecule has 11 nitrogen and oxygen atoms in total. The number of carbonyl (C=O) groups excluding carboxylic acids is 3. The van der Waals surface area contributed by atoms with Gasteiger partial charge in [0.1, 0.15) is 10.7 Å². The van der Waals surface area contributed by atoms with Crippen LogP contribution in [0.3, 0.4) is 0 Å². The Kier molecular flexibility index (Phi) is 7.95. The van der Waals surface area contributed by atoms with E-state index in [1.165, 1.54) is 48.5 Å². The van der Waals surface area contributed by atoms with Crippen LogP contribution in [-0.4, -0.2) is 43.0 Å². The predicted molar refractivity (Wildman–Crippen MR) is 140 cm³/mol. The number of ether oxygens (including phenoxy) is 1. The van der Waals surface area contributed by atoms with Crippen molar-refractivity contribution >= 4 is 68.2 Å². The van der Waals surface area contributed by atoms with Crippen LogP contribution >= 0.6 is 23.2 Å². The standard InChI is InChI=1S/C24H19Cl2N5O6S/c1-2-13-37-24(34)16-5-3-4-6-17(16)31-22(32)20(26)21(23(31)33)27-14-7-9-15(10-8-14)38(35,36)30-19-12-11-18(25)28-29-19/h3-12,27H,2,13H2,1H3,(H,29,30). The number of sulfonamides is 1. The molecule has 0 fully saturated rings. The number of esters is 1. The van der Waals surface area contributed by atoms with E-state index in [1.54, 1.807) is 12.1 Å². The summed E-state index contributed by atoms with van der Waals surface area (Å²) < 4.78 is 32.7. The summed E-state index contributed by atoms with van der Waals surface area (Å²) in [6.45, 7) is 2.01. The van der Waals surface area contributed by atoms with Crippen molar-refractivity contribution < 1.29 is 27.5 Å². The Balaban J connectivity index is 1.53. The molecule has 0 bridgehead atoms. The second kappa shape index (κ2) is 11.2. The molecule has 2 heterocycles. The Morgan fingerprint density at radius 1 is 0.974 bits per heavy atom. The number of hydrogen-bond donors (Lipinski definition) is 2. The third-order valence-corrected chi connectivity index (χ3v) is 7.06. The fourth-order valence-electron chi connectivity index (χ4n) is 3.37. The minimum absolute atomic E-state index is 0.0244. The van der Waals surface area contributed by atoms with Crippen LogP contribution in [0.25, 0.3) is 0 Å². The Hall–Kier alpha value is -4.00. The molecule has 2 aromatic carbocycles. The highest BCUT2D eigenvalue weighted by atomic mass is 35.5. The van der Waals surface area contributed by atoms with E-state index in [1.807, 2.05) is 6.92 Å². The molecule has 0 atom stereocenters. The van der Waals surface area contributed by atoms with Crippen LogP contribution in [0.15, 0.2) is 76.3 Å². The lowest BCUT2D eigenvalue weighted by molar-refractivity contribution is -0.120. The molecule has 0 saturated heterocycles. The van der Waals surface area contributed by atoms with Crippen LogP contribution in [0, 0.1) is 0 Å². The number of benzene rings is 2. The average molecular weight is 576 g/mol. The van der Waals surface area contributed by atoms with Crippen LogP contribution in [0.1, 0.15) is 23.7 Å². The zero-order chi connectivity index (χ0) is 27.4. The fourth-order valence-corrected chi connectivity index (χ4v) is 4.68. The Morgan fingerprint density at radius 2 is 1.68 bits per heavy atom. The first-order chi connectivity index (χ1) is 18.1. The molecule has 4 rings (SSSR count). The summed E-state index contributed by atoms with van der Waals surface area (Å²) in [4.78, 5) is 39.3. The number of nitrogens with zero attached hydrogens (tertiary/aromatic N) is 3. The van der Waals surface area contributed by atoms with Gasteiger partial charge in [-0.25, -0.2) is 18.1 Å². The molecule has 0 saturated carbocycles. The van der Waals surface area contributed by atoms with E-state index in [0.717, 1.165) is 4.90 Å². The number of carbonyl (C=O) groups is 3. The van der Waals surface area contributed by atoms with E-state index < -0.39 is 32.8 Å². The van der Waals surface area contributed by atoms with E-state index in [0.29, 0.717) is 6.42 Å². The maximum atomic E-state index is 13.2. The highest BCUT2D eigenvalue weighted by molar-refractivity contribution is 7.92. The van der Waals surface area contributed by atoms with Gasteiger partial charge in [-0.1, -0.05) is 42.3 Å². The molecular weight excluding hydrogens is 557 g/mol. The topological polar surface area (TPSA) is 148 Å². The third-order valence-electron chi connectivity index (χ3n) is 5.13. The first-order valence-corrected chi connectivity index (χ1v) is 13.3. The maximum Gasteiger partial charge on any atom is 0.340 e. The number of rotatable bonds is 9. The Bertz CT molecular complexity index is 1540. The molecule has 3 aromatic rings. The predicted octanol–water partition coefficient (Wildman–Crippen LogP) is 3.93. The van der Waals surface area contributed by atoms with Crippen molar-refractivity contribution in [2.24, 2.45) is 0 Å². The number of para-hydroxylation sites is 1. The second-order valence-corrected chi connectivity index (χ2v) is 10.2. The Morgan fingerprint density at radius 3 is 2.34 bits per heavy atom. The monoisotopic (exact) mass is 575 g/mol. The van der Waals surface area contributed by atoms with Crippen LogP contribution < -0.4 is 14.9 Å². The summed E-state index contributed by atoms with van der Waals surface area (Å²) in [6, 6.07) is 14.1. The zero-order valence-corrected chi connectivity index (χ0v) is 22.0. The third kappa shape index (κ3) is 5.62. The summed E-state index contributed by atoms with van der Waals surface area (Å²) in [5.41, 5.74) is 0.0952. The van der Waals surface area contributed by atoms with Gasteiger partial charge < -0.3 is 10.1 Å². The highest BCUT2D eigenvalue weighted by Crippen LogP contribution is 2.32. The van der Waals surface area contributed by atoms with E-state index in [9.17, 15) is 22.8 Å². The molecule has 0 aliphatic carbocycles. The number of nitrogens with one attached hydrogen (secondary N) is 2. The number of halogens is 2. The number of hydrogen-bond acceptors (Lipinski definition) is 9. The number of anilines is 3. The van der Waals surface area contributed by atoms with Gasteiger partial charge in [0.25, 0.3) is 21.8 Å². The van der Waals surface area contributed by atoms with Crippen molar-refractivity contribution in [1.82, 2.24) is 10.2 Å². The molecule has 1 aliphatic heterocycles. The van der Waals surface area contributed by atoms with Crippen LogP contribution in [0.2, 0.25) is 5.15 Å². The van der Waals surface area contributed by atoms with Gasteiger partial charge in [0.2, 0.25) is 0 Å². The summed E-state index contributed by atoms with van der Waals surface area (Å²) >= 11 is 11.9. The van der Waals surface area contributed by atoms with Crippen molar-refractivity contribution in [1.29, 1.82) is 0 Å². The van der Waals surface area contributed by atoms with Crippen LogP contribution in [0.4, 0.5) is 17.2 Å². The SMILES string of the molecule is CCCOC(=O)c1ccccc1N1C(=O)C(Cl)=C(Nc2ccc(S(=O)(=O)Nc3ccc(Cl)nn3)cc2)C1=O. The quantitative estimate of drug-likeness (QED) is 0.286. The van der Waals surface area contributed by atoms with Gasteiger partial charge in [0.15, 0.2) is 11.0 Å². The number of aromatic nitrogens is 2. The summed E-state index contributed by atoms with van der Waals surface area (Å²) in [6.07, 6.45) is 0.600. The molecule has 38 heavy (non-hydrogen) atoms. The molecule has 2 amide bonds. The lowest BCUT2D eigenvalue weighted by Crippen LogP contribution is -2.33. The summed E-state index contributed by atoms with van der Waals surface area (Å²) in [7, 11) is -4.00. The lowest BCUT2D eigenvalue weighted by atomic mass is 10.1. The minimum atomic E-state index is -4.00. The van der Waals surface area contributed by atoms with Crippen molar-refractivity contribution in [3.05, 3.63) is 82.1 Å². The van der Waals surface area contributed by atoms with Gasteiger partial charge in [-0.3, -0.25) is 14.3 Å². The highest BCUT2D eigenvalue weighted by Gasteiger charge is 2.40. The largest absolute Gasteiger partial charge is 0.462 e. The van der Waals surface area contributed by atoms with Crippen molar-refractivity contribution in [3.63, 3.8) is 0 Å². The average Bonchev–Trinajstić information content (AvgIpc) is 3.11. The van der Waals surface area contributed by atoms with Crippen LogP contribution in [0.5, 0.6) is 0 Å². The number of imide groups is 1. The summed E-state index contributed by atoms with van der Waals surface area (Å²) in [5, 5.41) is 9.70. The van der Waals surface area contributed by atoms with Gasteiger partial charge in [-0.15, -0.1) is 10.2 Å². The van der Waals surface area contributed by atoms with Gasteiger partial charge in [0.05, 0.1) is 22.8 Å². The van der Waals surface area contributed by atoms with E-state index >= 15 is 0 Å². The molecule has 1 aliphatic rings. The first kappa shape index (κ1) is 27.0. The van der Waals surface area contributed by atoms with Crippen molar-refractivity contribution in [2.75, 3.05) is 21.5 Å². The van der Waals surface area contributed by atoms with Gasteiger partial charge in [0, 0.05) is 5.69 Å².